The fourth-order valence-corrected chi connectivity index (χ4v) is 3.50. The summed E-state index contributed by atoms with van der Waals surface area (Å²) in [6, 6.07) is 13.9. The van der Waals surface area contributed by atoms with Gasteiger partial charge in [-0.15, -0.1) is 0 Å². The largest absolute Gasteiger partial charge is 0.353 e. The Kier molecular flexibility index (Phi) is 7.12. The number of carbonyl (C=O) groups excluding carboxylic acids is 1. The van der Waals surface area contributed by atoms with Crippen LogP contribution in [0.2, 0.25) is 10.0 Å². The van der Waals surface area contributed by atoms with Gasteiger partial charge in [-0.25, -0.2) is 4.98 Å². The second-order valence-electron chi connectivity index (χ2n) is 6.66. The normalized spacial score (nSPS) is 10.9. The van der Waals surface area contributed by atoms with Gasteiger partial charge >= 0.3 is 0 Å². The summed E-state index contributed by atoms with van der Waals surface area (Å²) in [7, 11) is 0. The van der Waals surface area contributed by atoms with Gasteiger partial charge in [-0.3, -0.25) is 4.79 Å². The number of aromatic nitrogens is 2. The molecule has 0 fully saturated rings. The summed E-state index contributed by atoms with van der Waals surface area (Å²) in [5.74, 6) is 0.936. The molecule has 2 aromatic carbocycles. The van der Waals surface area contributed by atoms with Crippen molar-refractivity contribution >= 4 is 40.1 Å². The molecule has 0 atom stereocenters. The highest BCUT2D eigenvalue weighted by atomic mass is 35.5. The van der Waals surface area contributed by atoms with E-state index in [0.29, 0.717) is 23.1 Å². The number of amides is 1. The Morgan fingerprint density at radius 2 is 1.93 bits per heavy atom. The summed E-state index contributed by atoms with van der Waals surface area (Å²) < 4.78 is 2.24. The van der Waals surface area contributed by atoms with Crippen molar-refractivity contribution in [3.63, 3.8) is 0 Å². The monoisotopic (exact) mass is 415 g/mol. The van der Waals surface area contributed by atoms with Crippen LogP contribution in [-0.4, -0.2) is 22.0 Å². The Morgan fingerprint density at radius 3 is 2.71 bits per heavy atom. The number of fused-ring (bicyclic) bond motifs is 1. The van der Waals surface area contributed by atoms with Crippen LogP contribution in [0.1, 0.15) is 30.7 Å². The number of carbonyl (C=O) groups is 1. The van der Waals surface area contributed by atoms with Gasteiger partial charge in [0, 0.05) is 19.5 Å². The molecule has 0 aliphatic carbocycles. The van der Waals surface area contributed by atoms with E-state index in [4.69, 9.17) is 28.2 Å². The second-order valence-corrected chi connectivity index (χ2v) is 7.47. The summed E-state index contributed by atoms with van der Waals surface area (Å²) in [5, 5.41) is 3.93. The molecule has 1 amide bonds. The third kappa shape index (κ3) is 5.15. The highest BCUT2D eigenvalue weighted by Crippen LogP contribution is 2.25. The number of benzene rings is 2. The van der Waals surface area contributed by atoms with Crippen LogP contribution in [0.4, 0.5) is 0 Å². The molecule has 0 aliphatic heterocycles. The first-order valence-electron chi connectivity index (χ1n) is 9.37. The van der Waals surface area contributed by atoms with E-state index < -0.39 is 0 Å². The van der Waals surface area contributed by atoms with Crippen LogP contribution in [0.3, 0.4) is 0 Å². The molecule has 0 saturated carbocycles. The molecule has 0 saturated heterocycles. The molecule has 6 heteroatoms. The third-order valence-electron chi connectivity index (χ3n) is 4.62. The van der Waals surface area contributed by atoms with Crippen LogP contribution in [0.15, 0.2) is 55.1 Å². The highest BCUT2D eigenvalue weighted by molar-refractivity contribution is 6.42. The van der Waals surface area contributed by atoms with Crippen molar-refractivity contribution in [2.75, 3.05) is 6.54 Å². The van der Waals surface area contributed by atoms with E-state index in [0.717, 1.165) is 48.1 Å². The minimum atomic E-state index is -0.122. The average molecular weight is 416 g/mol. The van der Waals surface area contributed by atoms with Crippen molar-refractivity contribution in [3.8, 4) is 0 Å². The van der Waals surface area contributed by atoms with Crippen molar-refractivity contribution in [2.45, 2.75) is 32.2 Å². The SMILES string of the molecule is C=CC(=O)NCCCCCc1nc2ccccc2n1Cc1ccc(Cl)c(Cl)c1. The van der Waals surface area contributed by atoms with E-state index in [9.17, 15) is 4.79 Å². The molecule has 0 aliphatic rings. The Hall–Kier alpha value is -2.30. The fraction of sp³-hybridized carbons (Fsp3) is 0.273. The lowest BCUT2D eigenvalue weighted by Crippen LogP contribution is -2.21. The van der Waals surface area contributed by atoms with E-state index in [1.54, 1.807) is 0 Å². The van der Waals surface area contributed by atoms with Gasteiger partial charge in [0.15, 0.2) is 0 Å². The second kappa shape index (κ2) is 9.76. The number of imidazole rings is 1. The van der Waals surface area contributed by atoms with Gasteiger partial charge < -0.3 is 9.88 Å². The minimum absolute atomic E-state index is 0.122. The van der Waals surface area contributed by atoms with Crippen LogP contribution < -0.4 is 5.32 Å². The van der Waals surface area contributed by atoms with Crippen LogP contribution in [0.5, 0.6) is 0 Å². The van der Waals surface area contributed by atoms with Crippen molar-refractivity contribution in [2.24, 2.45) is 0 Å². The van der Waals surface area contributed by atoms with Crippen LogP contribution in [0, 0.1) is 0 Å². The van der Waals surface area contributed by atoms with Gasteiger partial charge in [0.05, 0.1) is 21.1 Å². The number of hydrogen-bond donors (Lipinski definition) is 1. The van der Waals surface area contributed by atoms with Crippen molar-refractivity contribution in [1.29, 1.82) is 0 Å². The number of para-hydroxylation sites is 2. The molecule has 0 radical (unpaired) electrons. The number of nitrogens with zero attached hydrogens (tertiary/aromatic N) is 2. The predicted molar refractivity (Wildman–Crippen MR) is 116 cm³/mol. The summed E-state index contributed by atoms with van der Waals surface area (Å²) in [6.07, 6.45) is 5.14. The average Bonchev–Trinajstić information content (AvgIpc) is 3.04. The first-order chi connectivity index (χ1) is 13.6. The Labute approximate surface area is 175 Å². The number of unbranched alkanes of at least 4 members (excludes halogenated alkanes) is 2. The number of rotatable bonds is 9. The summed E-state index contributed by atoms with van der Waals surface area (Å²) in [6.45, 7) is 4.82. The van der Waals surface area contributed by atoms with Gasteiger partial charge in [0.25, 0.3) is 0 Å². The van der Waals surface area contributed by atoms with E-state index in [-0.39, 0.29) is 5.91 Å². The van der Waals surface area contributed by atoms with Crippen LogP contribution >= 0.6 is 23.2 Å². The lowest BCUT2D eigenvalue weighted by Gasteiger charge is -2.10. The molecule has 4 nitrogen and oxygen atoms in total. The summed E-state index contributed by atoms with van der Waals surface area (Å²) >= 11 is 12.2. The molecule has 1 aromatic heterocycles. The quantitative estimate of drug-likeness (QED) is 0.375. The molecular weight excluding hydrogens is 393 g/mol. The van der Waals surface area contributed by atoms with Crippen molar-refractivity contribution < 1.29 is 4.79 Å². The fourth-order valence-electron chi connectivity index (χ4n) is 3.18. The van der Waals surface area contributed by atoms with Gasteiger partial charge in [0.2, 0.25) is 5.91 Å². The number of aryl methyl sites for hydroxylation is 1. The maximum Gasteiger partial charge on any atom is 0.243 e. The molecule has 146 valence electrons. The topological polar surface area (TPSA) is 46.9 Å². The molecule has 28 heavy (non-hydrogen) atoms. The first-order valence-corrected chi connectivity index (χ1v) is 10.1. The zero-order valence-electron chi connectivity index (χ0n) is 15.6. The summed E-state index contributed by atoms with van der Waals surface area (Å²) in [5.41, 5.74) is 3.20. The standard InChI is InChI=1S/C22H23Cl2N3O/c1-2-22(28)25-13-7-3-4-10-21-26-19-8-5-6-9-20(19)27(21)15-16-11-12-17(23)18(24)14-16/h2,5-6,8-9,11-12,14H,1,3-4,7,10,13,15H2,(H,25,28). The van der Waals surface area contributed by atoms with Crippen molar-refractivity contribution in [1.82, 2.24) is 14.9 Å². The molecule has 1 heterocycles. The number of nitrogens with one attached hydrogen (secondary N) is 1. The zero-order chi connectivity index (χ0) is 19.9. The lowest BCUT2D eigenvalue weighted by molar-refractivity contribution is -0.116. The van der Waals surface area contributed by atoms with E-state index in [2.05, 4.69) is 22.5 Å². The van der Waals surface area contributed by atoms with Crippen LogP contribution in [-0.2, 0) is 17.8 Å². The summed E-state index contributed by atoms with van der Waals surface area (Å²) in [4.78, 5) is 16.0. The van der Waals surface area contributed by atoms with Gasteiger partial charge in [0.1, 0.15) is 5.82 Å². The molecule has 3 rings (SSSR count). The Balaban J connectivity index is 1.69. The molecular formula is C22H23Cl2N3O. The van der Waals surface area contributed by atoms with Crippen LogP contribution in [0.25, 0.3) is 11.0 Å². The third-order valence-corrected chi connectivity index (χ3v) is 5.36. The molecule has 1 N–H and O–H groups in total. The smallest absolute Gasteiger partial charge is 0.243 e. The maximum absolute atomic E-state index is 11.2. The number of halogens is 2. The van der Waals surface area contributed by atoms with Gasteiger partial charge in [-0.05, 0) is 48.7 Å². The first kappa shape index (κ1) is 20.4. The highest BCUT2D eigenvalue weighted by Gasteiger charge is 2.11. The Bertz CT molecular complexity index is 981. The lowest BCUT2D eigenvalue weighted by atomic mass is 10.1. The molecule has 0 spiro atoms. The maximum atomic E-state index is 11.2. The predicted octanol–water partition coefficient (Wildman–Crippen LogP) is 5.41. The minimum Gasteiger partial charge on any atom is -0.353 e. The molecule has 0 unspecified atom stereocenters. The van der Waals surface area contributed by atoms with E-state index >= 15 is 0 Å². The zero-order valence-corrected chi connectivity index (χ0v) is 17.1. The van der Waals surface area contributed by atoms with E-state index in [1.807, 2.05) is 36.4 Å². The Morgan fingerprint density at radius 1 is 1.11 bits per heavy atom. The van der Waals surface area contributed by atoms with E-state index in [1.165, 1.54) is 6.08 Å². The number of hydrogen-bond acceptors (Lipinski definition) is 2. The van der Waals surface area contributed by atoms with Gasteiger partial charge in [-0.1, -0.05) is 54.4 Å². The van der Waals surface area contributed by atoms with Gasteiger partial charge in [-0.2, -0.15) is 0 Å². The van der Waals surface area contributed by atoms with Crippen molar-refractivity contribution in [3.05, 3.63) is 76.6 Å². The molecule has 3 aromatic rings. The molecule has 0 bridgehead atoms.